The molecule has 1 fully saturated rings. The Hall–Kier alpha value is -2.05. The number of amides is 1. The summed E-state index contributed by atoms with van der Waals surface area (Å²) in [7, 11) is 3.11. The summed E-state index contributed by atoms with van der Waals surface area (Å²) in [5, 5.41) is 15.2. The van der Waals surface area contributed by atoms with Crippen molar-refractivity contribution < 1.29 is 19.4 Å². The van der Waals surface area contributed by atoms with Gasteiger partial charge in [0.15, 0.2) is 11.5 Å². The first kappa shape index (κ1) is 16.8. The van der Waals surface area contributed by atoms with Gasteiger partial charge in [0.25, 0.3) is 0 Å². The van der Waals surface area contributed by atoms with Crippen molar-refractivity contribution in [3.8, 4) is 11.5 Å². The van der Waals surface area contributed by atoms with E-state index in [2.05, 4.69) is 5.32 Å². The van der Waals surface area contributed by atoms with Gasteiger partial charge in [-0.15, -0.1) is 11.3 Å². The molecule has 1 aliphatic carbocycles. The molecule has 1 heterocycles. The van der Waals surface area contributed by atoms with Gasteiger partial charge in [0.05, 0.1) is 25.7 Å². The quantitative estimate of drug-likeness (QED) is 0.808. The first-order chi connectivity index (χ1) is 11.6. The van der Waals surface area contributed by atoms with Crippen LogP contribution in [0.3, 0.4) is 0 Å². The van der Waals surface area contributed by atoms with Crippen LogP contribution in [0.1, 0.15) is 29.4 Å². The average Bonchev–Trinajstić information content (AvgIpc) is 3.25. The summed E-state index contributed by atoms with van der Waals surface area (Å²) in [6.45, 7) is 0.168. The molecule has 2 N–H and O–H groups in total. The highest BCUT2D eigenvalue weighted by atomic mass is 32.1. The van der Waals surface area contributed by atoms with Crippen molar-refractivity contribution in [2.75, 3.05) is 20.8 Å². The number of aliphatic hydroxyl groups excluding tert-OH is 1. The zero-order valence-corrected chi connectivity index (χ0v) is 14.6. The lowest BCUT2D eigenvalue weighted by Crippen LogP contribution is -2.36. The molecule has 0 radical (unpaired) electrons. The summed E-state index contributed by atoms with van der Waals surface area (Å²) in [6, 6.07) is 9.20. The predicted molar refractivity (Wildman–Crippen MR) is 92.7 cm³/mol. The number of ether oxygens (including phenoxy) is 2. The fourth-order valence-electron chi connectivity index (χ4n) is 2.80. The third-order valence-corrected chi connectivity index (χ3v) is 5.50. The Kier molecular flexibility index (Phi) is 4.78. The minimum Gasteiger partial charge on any atom is -0.493 e. The maximum absolute atomic E-state index is 12.5. The Morgan fingerprint density at radius 1 is 1.29 bits per heavy atom. The van der Waals surface area contributed by atoms with E-state index in [1.165, 1.54) is 0 Å². The molecule has 1 amide bonds. The molecule has 1 aliphatic rings. The second kappa shape index (κ2) is 6.83. The number of hydrogen-bond acceptors (Lipinski definition) is 5. The highest BCUT2D eigenvalue weighted by Crippen LogP contribution is 2.50. The second-order valence-corrected chi connectivity index (χ2v) is 6.85. The molecule has 0 spiro atoms. The Morgan fingerprint density at radius 3 is 2.62 bits per heavy atom. The number of hydrogen-bond donors (Lipinski definition) is 2. The number of rotatable bonds is 7. The third kappa shape index (κ3) is 3.12. The molecule has 2 aromatic rings. The standard InChI is InChI=1S/C18H21NO4S/c1-22-14-6-5-12(10-15(14)23-2)13(20)11-19-17(21)18(7-8-18)16-4-3-9-24-16/h3-6,9-10,13,20H,7-8,11H2,1-2H3,(H,19,21). The van der Waals surface area contributed by atoms with E-state index in [1.54, 1.807) is 43.8 Å². The van der Waals surface area contributed by atoms with E-state index < -0.39 is 6.10 Å². The molecule has 5 nitrogen and oxygen atoms in total. The van der Waals surface area contributed by atoms with Crippen molar-refractivity contribution in [2.24, 2.45) is 0 Å². The third-order valence-electron chi connectivity index (χ3n) is 4.43. The minimum atomic E-state index is -0.798. The fraction of sp³-hybridized carbons (Fsp3) is 0.389. The van der Waals surface area contributed by atoms with Crippen molar-refractivity contribution >= 4 is 17.2 Å². The summed E-state index contributed by atoms with van der Waals surface area (Å²) in [5.74, 6) is 1.15. The number of thiophene rings is 1. The number of benzene rings is 1. The van der Waals surface area contributed by atoms with E-state index in [1.807, 2.05) is 17.5 Å². The number of aliphatic hydroxyl groups is 1. The first-order valence-electron chi connectivity index (χ1n) is 7.83. The van der Waals surface area contributed by atoms with Crippen LogP contribution in [0.25, 0.3) is 0 Å². The topological polar surface area (TPSA) is 67.8 Å². The lowest BCUT2D eigenvalue weighted by Gasteiger charge is -2.18. The van der Waals surface area contributed by atoms with Crippen molar-refractivity contribution in [3.63, 3.8) is 0 Å². The van der Waals surface area contributed by atoms with Gasteiger partial charge in [-0.3, -0.25) is 4.79 Å². The largest absolute Gasteiger partial charge is 0.493 e. The van der Waals surface area contributed by atoms with Gasteiger partial charge < -0.3 is 19.9 Å². The van der Waals surface area contributed by atoms with Gasteiger partial charge in [0.2, 0.25) is 5.91 Å². The fourth-order valence-corrected chi connectivity index (χ4v) is 3.78. The lowest BCUT2D eigenvalue weighted by atomic mass is 10.0. The molecule has 1 atom stereocenters. The smallest absolute Gasteiger partial charge is 0.231 e. The maximum atomic E-state index is 12.5. The lowest BCUT2D eigenvalue weighted by molar-refractivity contribution is -0.124. The van der Waals surface area contributed by atoms with Crippen LogP contribution in [0, 0.1) is 0 Å². The van der Waals surface area contributed by atoms with E-state index in [9.17, 15) is 9.90 Å². The molecular weight excluding hydrogens is 326 g/mol. The molecular formula is C18H21NO4S. The van der Waals surface area contributed by atoms with Crippen LogP contribution < -0.4 is 14.8 Å². The van der Waals surface area contributed by atoms with Gasteiger partial charge in [0, 0.05) is 11.4 Å². The highest BCUT2D eigenvalue weighted by molar-refractivity contribution is 7.10. The van der Waals surface area contributed by atoms with Crippen LogP contribution in [0.5, 0.6) is 11.5 Å². The van der Waals surface area contributed by atoms with Crippen molar-refractivity contribution in [1.82, 2.24) is 5.32 Å². The highest BCUT2D eigenvalue weighted by Gasteiger charge is 2.52. The van der Waals surface area contributed by atoms with E-state index in [-0.39, 0.29) is 17.9 Å². The normalized spacial score (nSPS) is 16.3. The molecule has 3 rings (SSSR count). The molecule has 1 unspecified atom stereocenters. The van der Waals surface area contributed by atoms with E-state index in [4.69, 9.17) is 9.47 Å². The summed E-state index contributed by atoms with van der Waals surface area (Å²) in [5.41, 5.74) is 0.291. The number of methoxy groups -OCH3 is 2. The Balaban J connectivity index is 1.63. The first-order valence-corrected chi connectivity index (χ1v) is 8.71. The Bertz CT molecular complexity index is 710. The Morgan fingerprint density at radius 2 is 2.04 bits per heavy atom. The summed E-state index contributed by atoms with van der Waals surface area (Å²) in [4.78, 5) is 13.6. The van der Waals surface area contributed by atoms with Crippen LogP contribution in [0.2, 0.25) is 0 Å². The van der Waals surface area contributed by atoms with Crippen LogP contribution >= 0.6 is 11.3 Å². The molecule has 6 heteroatoms. The summed E-state index contributed by atoms with van der Waals surface area (Å²) in [6.07, 6.45) is 0.935. The van der Waals surface area contributed by atoms with Gasteiger partial charge >= 0.3 is 0 Å². The monoisotopic (exact) mass is 347 g/mol. The number of carbonyl (C=O) groups excluding carboxylic acids is 1. The van der Waals surface area contributed by atoms with Gasteiger partial charge in [0.1, 0.15) is 0 Å². The molecule has 0 aliphatic heterocycles. The molecule has 0 bridgehead atoms. The number of carbonyl (C=O) groups is 1. The van der Waals surface area contributed by atoms with Crippen LogP contribution in [0.4, 0.5) is 0 Å². The van der Waals surface area contributed by atoms with Gasteiger partial charge in [-0.25, -0.2) is 0 Å². The Labute approximate surface area is 145 Å². The zero-order chi connectivity index (χ0) is 17.2. The van der Waals surface area contributed by atoms with Crippen LogP contribution in [-0.2, 0) is 10.2 Å². The van der Waals surface area contributed by atoms with Crippen molar-refractivity contribution in [1.29, 1.82) is 0 Å². The molecule has 1 aromatic heterocycles. The molecule has 0 saturated heterocycles. The predicted octanol–water partition coefficient (Wildman–Crippen LogP) is 2.65. The summed E-state index contributed by atoms with van der Waals surface area (Å²) < 4.78 is 10.4. The molecule has 1 aromatic carbocycles. The summed E-state index contributed by atoms with van der Waals surface area (Å²) >= 11 is 1.61. The van der Waals surface area contributed by atoms with Crippen LogP contribution in [0.15, 0.2) is 35.7 Å². The van der Waals surface area contributed by atoms with E-state index >= 15 is 0 Å². The van der Waals surface area contributed by atoms with Crippen molar-refractivity contribution in [3.05, 3.63) is 46.2 Å². The molecule has 128 valence electrons. The maximum Gasteiger partial charge on any atom is 0.231 e. The SMILES string of the molecule is COc1ccc(C(O)CNC(=O)C2(c3cccs3)CC2)cc1OC. The van der Waals surface area contributed by atoms with Gasteiger partial charge in [-0.1, -0.05) is 12.1 Å². The van der Waals surface area contributed by atoms with E-state index in [0.717, 1.165) is 17.7 Å². The van der Waals surface area contributed by atoms with E-state index in [0.29, 0.717) is 17.1 Å². The molecule has 24 heavy (non-hydrogen) atoms. The van der Waals surface area contributed by atoms with Gasteiger partial charge in [-0.2, -0.15) is 0 Å². The second-order valence-electron chi connectivity index (χ2n) is 5.90. The molecule has 1 saturated carbocycles. The van der Waals surface area contributed by atoms with Crippen LogP contribution in [-0.4, -0.2) is 31.8 Å². The number of nitrogens with one attached hydrogen (secondary N) is 1. The average molecular weight is 347 g/mol. The van der Waals surface area contributed by atoms with Gasteiger partial charge in [-0.05, 0) is 42.0 Å². The van der Waals surface area contributed by atoms with Crippen molar-refractivity contribution in [2.45, 2.75) is 24.4 Å². The zero-order valence-electron chi connectivity index (χ0n) is 13.7. The minimum absolute atomic E-state index is 0.00974.